The average Bonchev–Trinajstić information content (AvgIpc) is 3.34. The Balaban J connectivity index is 4.23. The fraction of sp³-hybridized carbons (Fsp3) is 0.919. The molecule has 1 atom stereocenters. The van der Waals surface area contributed by atoms with Crippen molar-refractivity contribution < 1.29 is 28.6 Å². The van der Waals surface area contributed by atoms with E-state index >= 15 is 0 Å². The molecule has 68 heavy (non-hydrogen) atoms. The van der Waals surface area contributed by atoms with Crippen LogP contribution in [0.4, 0.5) is 0 Å². The molecule has 0 saturated heterocycles. The van der Waals surface area contributed by atoms with Crippen LogP contribution in [-0.2, 0) is 28.6 Å². The Bertz CT molecular complexity index is 1060. The van der Waals surface area contributed by atoms with Crippen molar-refractivity contribution in [1.29, 1.82) is 0 Å². The minimum Gasteiger partial charge on any atom is -0.462 e. The second kappa shape index (κ2) is 57.7. The molecule has 0 aliphatic heterocycles. The molecule has 0 amide bonds. The molecule has 0 N–H and O–H groups in total. The summed E-state index contributed by atoms with van der Waals surface area (Å²) in [7, 11) is 0. The normalized spacial score (nSPS) is 12.0. The molecular weight excluding hydrogens is 841 g/mol. The summed E-state index contributed by atoms with van der Waals surface area (Å²) >= 11 is 0. The molecule has 0 radical (unpaired) electrons. The molecule has 0 saturated carbocycles. The van der Waals surface area contributed by atoms with Crippen molar-refractivity contribution in [3.05, 3.63) is 12.2 Å². The molecule has 0 aromatic carbocycles. The molecule has 0 heterocycles. The Kier molecular flexibility index (Phi) is 56.2. The first-order chi connectivity index (χ1) is 33.5. The summed E-state index contributed by atoms with van der Waals surface area (Å²) in [6.07, 6.45) is 66.5. The van der Waals surface area contributed by atoms with E-state index in [-0.39, 0.29) is 31.1 Å². The number of hydrogen-bond donors (Lipinski definition) is 0. The molecule has 6 heteroatoms. The number of ether oxygens (including phenoxy) is 3. The second-order valence-electron chi connectivity index (χ2n) is 21.0. The van der Waals surface area contributed by atoms with E-state index in [0.717, 1.165) is 64.2 Å². The van der Waals surface area contributed by atoms with E-state index in [2.05, 4.69) is 32.9 Å². The highest BCUT2D eigenvalue weighted by Gasteiger charge is 2.19. The number of hydrogen-bond acceptors (Lipinski definition) is 6. The van der Waals surface area contributed by atoms with E-state index in [0.29, 0.717) is 19.3 Å². The average molecular weight is 960 g/mol. The summed E-state index contributed by atoms with van der Waals surface area (Å²) in [5, 5.41) is 0. The van der Waals surface area contributed by atoms with Crippen LogP contribution in [-0.4, -0.2) is 37.2 Å². The van der Waals surface area contributed by atoms with Gasteiger partial charge in [-0.1, -0.05) is 303 Å². The molecule has 1 unspecified atom stereocenters. The lowest BCUT2D eigenvalue weighted by Crippen LogP contribution is -2.30. The molecule has 0 aromatic heterocycles. The van der Waals surface area contributed by atoms with E-state index in [1.807, 2.05) is 0 Å². The molecule has 0 aliphatic carbocycles. The summed E-state index contributed by atoms with van der Waals surface area (Å²) in [6.45, 7) is 6.67. The molecular formula is C62H118O6. The van der Waals surface area contributed by atoms with Crippen LogP contribution in [0.2, 0.25) is 0 Å². The number of carbonyl (C=O) groups excluding carboxylic acids is 3. The highest BCUT2D eigenvalue weighted by molar-refractivity contribution is 5.71. The number of allylic oxidation sites excluding steroid dienone is 2. The Morgan fingerprint density at radius 2 is 0.500 bits per heavy atom. The van der Waals surface area contributed by atoms with Crippen LogP contribution in [0.3, 0.4) is 0 Å². The van der Waals surface area contributed by atoms with Crippen molar-refractivity contribution in [3.8, 4) is 0 Å². The van der Waals surface area contributed by atoms with Crippen molar-refractivity contribution >= 4 is 17.9 Å². The highest BCUT2D eigenvalue weighted by Crippen LogP contribution is 2.18. The van der Waals surface area contributed by atoms with Crippen LogP contribution < -0.4 is 0 Å². The third-order valence-corrected chi connectivity index (χ3v) is 14.0. The fourth-order valence-corrected chi connectivity index (χ4v) is 9.37. The zero-order valence-corrected chi connectivity index (χ0v) is 46.2. The number of rotatable bonds is 57. The molecule has 6 nitrogen and oxygen atoms in total. The van der Waals surface area contributed by atoms with E-state index in [4.69, 9.17) is 14.2 Å². The van der Waals surface area contributed by atoms with Gasteiger partial charge in [-0.25, -0.2) is 0 Å². The maximum absolute atomic E-state index is 12.9. The third-order valence-electron chi connectivity index (χ3n) is 14.0. The van der Waals surface area contributed by atoms with Gasteiger partial charge < -0.3 is 14.2 Å². The summed E-state index contributed by atoms with van der Waals surface area (Å²) in [6, 6.07) is 0. The number of carbonyl (C=O) groups is 3. The maximum Gasteiger partial charge on any atom is 0.306 e. The van der Waals surface area contributed by atoms with Gasteiger partial charge >= 0.3 is 17.9 Å². The summed E-state index contributed by atoms with van der Waals surface area (Å²) in [5.41, 5.74) is 0. The Hall–Kier alpha value is -1.85. The first-order valence-corrected chi connectivity index (χ1v) is 30.7. The van der Waals surface area contributed by atoms with E-state index in [9.17, 15) is 14.4 Å². The van der Waals surface area contributed by atoms with Crippen LogP contribution in [0.25, 0.3) is 0 Å². The van der Waals surface area contributed by atoms with Crippen molar-refractivity contribution in [2.24, 2.45) is 0 Å². The fourth-order valence-electron chi connectivity index (χ4n) is 9.37. The Labute approximate surface area is 424 Å². The van der Waals surface area contributed by atoms with Crippen molar-refractivity contribution in [2.75, 3.05) is 13.2 Å². The van der Waals surface area contributed by atoms with Gasteiger partial charge in [0, 0.05) is 19.3 Å². The molecule has 0 aliphatic rings. The molecule has 0 spiro atoms. The van der Waals surface area contributed by atoms with Gasteiger partial charge in [-0.05, 0) is 38.5 Å². The van der Waals surface area contributed by atoms with Crippen molar-refractivity contribution in [3.63, 3.8) is 0 Å². The third kappa shape index (κ3) is 55.1. The second-order valence-corrected chi connectivity index (χ2v) is 21.0. The van der Waals surface area contributed by atoms with Crippen LogP contribution in [0.15, 0.2) is 12.2 Å². The zero-order chi connectivity index (χ0) is 49.3. The van der Waals surface area contributed by atoms with E-state index in [1.165, 1.54) is 244 Å². The van der Waals surface area contributed by atoms with Gasteiger partial charge in [0.1, 0.15) is 13.2 Å². The maximum atomic E-state index is 12.9. The van der Waals surface area contributed by atoms with Gasteiger partial charge in [0.25, 0.3) is 0 Å². The van der Waals surface area contributed by atoms with Crippen LogP contribution in [0.1, 0.15) is 348 Å². The minimum atomic E-state index is -0.768. The molecule has 0 aromatic rings. The molecule has 0 bridgehead atoms. The lowest BCUT2D eigenvalue weighted by Gasteiger charge is -2.18. The number of unbranched alkanes of at least 4 members (excludes halogenated alkanes) is 44. The minimum absolute atomic E-state index is 0.0663. The highest BCUT2D eigenvalue weighted by atomic mass is 16.6. The summed E-state index contributed by atoms with van der Waals surface area (Å²) < 4.78 is 16.9. The van der Waals surface area contributed by atoms with Crippen LogP contribution in [0.5, 0.6) is 0 Å². The van der Waals surface area contributed by atoms with Gasteiger partial charge in [0.2, 0.25) is 0 Å². The smallest absolute Gasteiger partial charge is 0.306 e. The lowest BCUT2D eigenvalue weighted by molar-refractivity contribution is -0.167. The van der Waals surface area contributed by atoms with Crippen molar-refractivity contribution in [2.45, 2.75) is 354 Å². The SMILES string of the molecule is CCCC/C=C\CCCCCCCC(=O)OCC(COC(=O)CCCCCCCCCCCCCCCCCCCCCC)OC(=O)CCCCCCCCCCCCCCCCCCCCC. The quantitative estimate of drug-likeness (QED) is 0.0262. The Morgan fingerprint density at radius 3 is 0.779 bits per heavy atom. The van der Waals surface area contributed by atoms with Gasteiger partial charge in [-0.3, -0.25) is 14.4 Å². The van der Waals surface area contributed by atoms with Crippen LogP contribution in [0, 0.1) is 0 Å². The predicted octanol–water partition coefficient (Wildman–Crippen LogP) is 20.5. The standard InChI is InChI=1S/C62H118O6/c1-4-7-10-13-16-19-22-24-26-28-30-32-33-35-37-40-43-46-49-52-55-61(64)67-58-59(57-66-60(63)54-51-48-45-42-39-21-18-15-12-9-6-3)68-62(65)56-53-50-47-44-41-38-36-34-31-29-27-25-23-20-17-14-11-8-5-2/h15,18,59H,4-14,16-17,19-58H2,1-3H3/b18-15-. The molecule has 0 rings (SSSR count). The summed E-state index contributed by atoms with van der Waals surface area (Å²) in [4.78, 5) is 38.2. The zero-order valence-electron chi connectivity index (χ0n) is 46.2. The van der Waals surface area contributed by atoms with Gasteiger partial charge in [-0.15, -0.1) is 0 Å². The predicted molar refractivity (Wildman–Crippen MR) is 293 cm³/mol. The van der Waals surface area contributed by atoms with Gasteiger partial charge in [0.15, 0.2) is 6.10 Å². The number of esters is 3. The summed E-state index contributed by atoms with van der Waals surface area (Å²) in [5.74, 6) is -0.849. The largest absolute Gasteiger partial charge is 0.462 e. The van der Waals surface area contributed by atoms with Crippen molar-refractivity contribution in [1.82, 2.24) is 0 Å². The molecule has 0 fully saturated rings. The van der Waals surface area contributed by atoms with Gasteiger partial charge in [0.05, 0.1) is 0 Å². The Morgan fingerprint density at radius 1 is 0.279 bits per heavy atom. The van der Waals surface area contributed by atoms with Crippen LogP contribution >= 0.6 is 0 Å². The van der Waals surface area contributed by atoms with E-state index < -0.39 is 6.10 Å². The topological polar surface area (TPSA) is 78.9 Å². The van der Waals surface area contributed by atoms with Gasteiger partial charge in [-0.2, -0.15) is 0 Å². The first-order valence-electron chi connectivity index (χ1n) is 30.7. The molecule has 402 valence electrons. The first kappa shape index (κ1) is 66.2. The monoisotopic (exact) mass is 959 g/mol. The lowest BCUT2D eigenvalue weighted by atomic mass is 10.0. The van der Waals surface area contributed by atoms with E-state index in [1.54, 1.807) is 0 Å².